The highest BCUT2D eigenvalue weighted by molar-refractivity contribution is 5.90. The molecule has 0 aromatic rings. The first-order chi connectivity index (χ1) is 5.57. The summed E-state index contributed by atoms with van der Waals surface area (Å²) in [6.45, 7) is 4.62. The number of hydrogen-bond donors (Lipinski definition) is 0. The van der Waals surface area contributed by atoms with E-state index in [9.17, 15) is 4.79 Å². The third kappa shape index (κ3) is 1.35. The van der Waals surface area contributed by atoms with Crippen LogP contribution in [0.25, 0.3) is 0 Å². The van der Waals surface area contributed by atoms with Gasteiger partial charge in [0.25, 0.3) is 0 Å². The second-order valence-electron chi connectivity index (χ2n) is 3.71. The molecule has 0 aliphatic carbocycles. The number of carbonyl (C=O) groups is 1. The van der Waals surface area contributed by atoms with Gasteiger partial charge in [-0.2, -0.15) is 5.26 Å². The van der Waals surface area contributed by atoms with Crippen molar-refractivity contribution >= 4 is 5.78 Å². The Kier molecular flexibility index (Phi) is 2.49. The number of nitrogens with zero attached hydrogens (tertiary/aromatic N) is 2. The minimum absolute atomic E-state index is 0.0466. The highest BCUT2D eigenvalue weighted by Crippen LogP contribution is 2.22. The lowest BCUT2D eigenvalue weighted by Gasteiger charge is -2.20. The van der Waals surface area contributed by atoms with Crippen molar-refractivity contribution in [2.24, 2.45) is 11.8 Å². The number of ketones is 1. The molecule has 0 amide bonds. The molecule has 66 valence electrons. The van der Waals surface area contributed by atoms with Crippen molar-refractivity contribution in [3.8, 4) is 6.07 Å². The number of hydrogen-bond acceptors (Lipinski definition) is 3. The third-order valence-electron chi connectivity index (χ3n) is 2.37. The molecule has 1 rings (SSSR count). The summed E-state index contributed by atoms with van der Waals surface area (Å²) in [6, 6.07) is 1.99. The number of Topliss-reactive ketones (excluding diaryl/α,β-unsaturated/α-hetero) is 1. The topological polar surface area (TPSA) is 44.1 Å². The van der Waals surface area contributed by atoms with E-state index in [2.05, 4.69) is 0 Å². The first-order valence-electron chi connectivity index (χ1n) is 4.21. The van der Waals surface area contributed by atoms with Crippen LogP contribution in [0.5, 0.6) is 0 Å². The summed E-state index contributed by atoms with van der Waals surface area (Å²) in [7, 11) is 1.90. The molecule has 1 aliphatic rings. The van der Waals surface area contributed by atoms with Gasteiger partial charge in [0.2, 0.25) is 0 Å². The highest BCUT2D eigenvalue weighted by Gasteiger charge is 2.39. The Labute approximate surface area is 73.0 Å². The molecule has 0 aromatic heterocycles. The van der Waals surface area contributed by atoms with Crippen LogP contribution in [0, 0.1) is 23.2 Å². The van der Waals surface area contributed by atoms with Gasteiger partial charge < -0.3 is 0 Å². The fourth-order valence-electron chi connectivity index (χ4n) is 1.86. The number of likely N-dealkylation sites (N-methyl/N-ethyl adjacent to an activating group) is 1. The van der Waals surface area contributed by atoms with Crippen LogP contribution >= 0.6 is 0 Å². The van der Waals surface area contributed by atoms with Crippen molar-refractivity contribution in [2.45, 2.75) is 19.9 Å². The summed E-state index contributed by atoms with van der Waals surface area (Å²) in [6.07, 6.45) is 0. The monoisotopic (exact) mass is 166 g/mol. The van der Waals surface area contributed by atoms with Gasteiger partial charge in [0.05, 0.1) is 12.1 Å². The van der Waals surface area contributed by atoms with Gasteiger partial charge in [-0.25, -0.2) is 0 Å². The SMILES string of the molecule is CC(C)C1C(=O)C(C#N)CN1C. The van der Waals surface area contributed by atoms with Gasteiger partial charge in [0.1, 0.15) is 5.92 Å². The van der Waals surface area contributed by atoms with Crippen LogP contribution in [0.1, 0.15) is 13.8 Å². The number of carbonyl (C=O) groups excluding carboxylic acids is 1. The lowest BCUT2D eigenvalue weighted by atomic mass is 9.97. The Hall–Kier alpha value is -0.880. The summed E-state index contributed by atoms with van der Waals surface area (Å²) in [4.78, 5) is 13.5. The zero-order chi connectivity index (χ0) is 9.30. The Balaban J connectivity index is 2.79. The molecule has 0 radical (unpaired) electrons. The number of rotatable bonds is 1. The summed E-state index contributed by atoms with van der Waals surface area (Å²) in [5.74, 6) is -0.00162. The number of nitriles is 1. The van der Waals surface area contributed by atoms with Crippen molar-refractivity contribution in [1.82, 2.24) is 4.90 Å². The van der Waals surface area contributed by atoms with Crippen LogP contribution in [0.4, 0.5) is 0 Å². The van der Waals surface area contributed by atoms with E-state index in [4.69, 9.17) is 5.26 Å². The van der Waals surface area contributed by atoms with Crippen LogP contribution in [-0.2, 0) is 4.79 Å². The fourth-order valence-corrected chi connectivity index (χ4v) is 1.86. The smallest absolute Gasteiger partial charge is 0.168 e. The van der Waals surface area contributed by atoms with Gasteiger partial charge >= 0.3 is 0 Å². The largest absolute Gasteiger partial charge is 0.296 e. The normalized spacial score (nSPS) is 31.1. The van der Waals surface area contributed by atoms with E-state index >= 15 is 0 Å². The average molecular weight is 166 g/mol. The molecule has 0 aromatic carbocycles. The molecular weight excluding hydrogens is 152 g/mol. The standard InChI is InChI=1S/C9H14N2O/c1-6(2)8-9(12)7(4-10)5-11(8)3/h6-8H,5H2,1-3H3. The van der Waals surface area contributed by atoms with E-state index in [0.717, 1.165) is 0 Å². The highest BCUT2D eigenvalue weighted by atomic mass is 16.1. The maximum absolute atomic E-state index is 11.5. The molecule has 2 unspecified atom stereocenters. The van der Waals surface area contributed by atoms with Gasteiger partial charge in [-0.05, 0) is 13.0 Å². The second-order valence-corrected chi connectivity index (χ2v) is 3.71. The van der Waals surface area contributed by atoms with Gasteiger partial charge in [-0.3, -0.25) is 9.69 Å². The fraction of sp³-hybridized carbons (Fsp3) is 0.778. The molecule has 3 nitrogen and oxygen atoms in total. The van der Waals surface area contributed by atoms with E-state index in [0.29, 0.717) is 12.5 Å². The minimum Gasteiger partial charge on any atom is -0.296 e. The van der Waals surface area contributed by atoms with Crippen molar-refractivity contribution in [2.75, 3.05) is 13.6 Å². The molecule has 0 bridgehead atoms. The molecule has 2 atom stereocenters. The van der Waals surface area contributed by atoms with E-state index in [1.807, 2.05) is 31.9 Å². The lowest BCUT2D eigenvalue weighted by Crippen LogP contribution is -2.34. The van der Waals surface area contributed by atoms with Crippen molar-refractivity contribution in [3.63, 3.8) is 0 Å². The molecule has 0 N–H and O–H groups in total. The minimum atomic E-state index is -0.401. The predicted octanol–water partition coefficient (Wildman–Crippen LogP) is 0.665. The average Bonchev–Trinajstić information content (AvgIpc) is 2.25. The van der Waals surface area contributed by atoms with Gasteiger partial charge in [0, 0.05) is 6.54 Å². The Bertz CT molecular complexity index is 229. The maximum Gasteiger partial charge on any atom is 0.168 e. The quantitative estimate of drug-likeness (QED) is 0.575. The van der Waals surface area contributed by atoms with Crippen molar-refractivity contribution in [1.29, 1.82) is 5.26 Å². The van der Waals surface area contributed by atoms with Gasteiger partial charge in [-0.1, -0.05) is 13.8 Å². The zero-order valence-corrected chi connectivity index (χ0v) is 7.74. The predicted molar refractivity (Wildman–Crippen MR) is 45.4 cm³/mol. The molecular formula is C9H14N2O. The summed E-state index contributed by atoms with van der Waals surface area (Å²) in [5, 5.41) is 8.66. The van der Waals surface area contributed by atoms with Crippen molar-refractivity contribution in [3.05, 3.63) is 0 Å². The Morgan fingerprint density at radius 1 is 1.67 bits per heavy atom. The van der Waals surface area contributed by atoms with E-state index in [1.54, 1.807) is 0 Å². The molecule has 1 fully saturated rings. The van der Waals surface area contributed by atoms with Crippen LogP contribution < -0.4 is 0 Å². The number of likely N-dealkylation sites (tertiary alicyclic amines) is 1. The van der Waals surface area contributed by atoms with Crippen LogP contribution in [-0.4, -0.2) is 30.3 Å². The molecule has 0 saturated carbocycles. The van der Waals surface area contributed by atoms with Crippen LogP contribution in [0.15, 0.2) is 0 Å². The van der Waals surface area contributed by atoms with E-state index in [-0.39, 0.29) is 11.8 Å². The van der Waals surface area contributed by atoms with Gasteiger partial charge in [0.15, 0.2) is 5.78 Å². The van der Waals surface area contributed by atoms with E-state index in [1.165, 1.54) is 0 Å². The molecule has 1 saturated heterocycles. The van der Waals surface area contributed by atoms with Crippen molar-refractivity contribution < 1.29 is 4.79 Å². The summed E-state index contributed by atoms with van der Waals surface area (Å²) < 4.78 is 0. The molecule has 12 heavy (non-hydrogen) atoms. The first kappa shape index (κ1) is 9.21. The zero-order valence-electron chi connectivity index (χ0n) is 7.74. The molecule has 3 heteroatoms. The van der Waals surface area contributed by atoms with Gasteiger partial charge in [-0.15, -0.1) is 0 Å². The maximum atomic E-state index is 11.5. The molecule has 1 aliphatic heterocycles. The van der Waals surface area contributed by atoms with E-state index < -0.39 is 5.92 Å². The third-order valence-corrected chi connectivity index (χ3v) is 2.37. The Morgan fingerprint density at radius 3 is 2.50 bits per heavy atom. The summed E-state index contributed by atoms with van der Waals surface area (Å²) >= 11 is 0. The first-order valence-corrected chi connectivity index (χ1v) is 4.21. The van der Waals surface area contributed by atoms with Crippen LogP contribution in [0.3, 0.4) is 0 Å². The van der Waals surface area contributed by atoms with Crippen LogP contribution in [0.2, 0.25) is 0 Å². The summed E-state index contributed by atoms with van der Waals surface area (Å²) in [5.41, 5.74) is 0. The molecule has 0 spiro atoms. The second kappa shape index (κ2) is 3.24. The molecule has 1 heterocycles. The Morgan fingerprint density at radius 2 is 2.25 bits per heavy atom. The lowest BCUT2D eigenvalue weighted by molar-refractivity contribution is -0.122.